The van der Waals surface area contributed by atoms with Crippen LogP contribution in [0.1, 0.15) is 5.56 Å². The first kappa shape index (κ1) is 24.0. The van der Waals surface area contributed by atoms with Crippen molar-refractivity contribution in [3.63, 3.8) is 0 Å². The van der Waals surface area contributed by atoms with Crippen molar-refractivity contribution in [1.82, 2.24) is 15.0 Å². The maximum Gasteiger partial charge on any atom is 0.250 e. The largest absolute Gasteiger partial charge is 0.378 e. The molecule has 1 saturated heterocycles. The molecule has 5 aromatic carbocycles. The second-order valence-corrected chi connectivity index (χ2v) is 9.64. The second kappa shape index (κ2) is 10.6. The topological polar surface area (TPSA) is 87.6 Å². The van der Waals surface area contributed by atoms with E-state index in [1.165, 1.54) is 10.8 Å². The summed E-state index contributed by atoms with van der Waals surface area (Å²) in [6, 6.07) is 33.3. The number of fused-ring (bicyclic) bond motifs is 3. The predicted octanol–water partition coefficient (Wildman–Crippen LogP) is 6.36. The molecule has 40 heavy (non-hydrogen) atoms. The zero-order chi connectivity index (χ0) is 26.7. The van der Waals surface area contributed by atoms with Gasteiger partial charge < -0.3 is 15.0 Å². The van der Waals surface area contributed by atoms with Gasteiger partial charge in [0.15, 0.2) is 0 Å². The van der Waals surface area contributed by atoms with Crippen molar-refractivity contribution in [2.24, 2.45) is 5.10 Å². The van der Waals surface area contributed by atoms with Crippen molar-refractivity contribution in [2.45, 2.75) is 0 Å². The van der Waals surface area contributed by atoms with Gasteiger partial charge in [0.1, 0.15) is 0 Å². The molecule has 8 heteroatoms. The smallest absolute Gasteiger partial charge is 0.250 e. The Morgan fingerprint density at radius 3 is 2.05 bits per heavy atom. The van der Waals surface area contributed by atoms with Crippen LogP contribution in [0.25, 0.3) is 32.3 Å². The van der Waals surface area contributed by atoms with Crippen LogP contribution in [0, 0.1) is 0 Å². The summed E-state index contributed by atoms with van der Waals surface area (Å²) in [6.45, 7) is 2.69. The minimum absolute atomic E-state index is 0.361. The van der Waals surface area contributed by atoms with Crippen molar-refractivity contribution in [3.05, 3.63) is 103 Å². The highest BCUT2D eigenvalue weighted by Crippen LogP contribution is 2.28. The number of ether oxygens (including phenoxy) is 1. The van der Waals surface area contributed by atoms with Crippen LogP contribution in [0.3, 0.4) is 0 Å². The lowest BCUT2D eigenvalue weighted by molar-refractivity contribution is 0.122. The first-order valence-corrected chi connectivity index (χ1v) is 13.3. The quantitative estimate of drug-likeness (QED) is 0.149. The standard InChI is InChI=1S/C32H27N7O/c1-6-14-27-22(8-1)11-7-15-29(27)34-30-35-31(37-32(36-30)39-16-18-40-19-17-39)38-33-21-28-25-12-4-2-9-23(25)20-24-10-3-5-13-26(24)28/h1-15,20-21H,16-19H2,(H2,34,35,36,37,38)/b33-21-. The molecule has 7 rings (SSSR count). The van der Waals surface area contributed by atoms with Gasteiger partial charge in [-0.25, -0.2) is 5.43 Å². The summed E-state index contributed by atoms with van der Waals surface area (Å²) in [7, 11) is 0. The van der Waals surface area contributed by atoms with Crippen molar-refractivity contribution in [1.29, 1.82) is 0 Å². The van der Waals surface area contributed by atoms with Crippen LogP contribution < -0.4 is 15.6 Å². The van der Waals surface area contributed by atoms with Gasteiger partial charge in [-0.05, 0) is 39.1 Å². The minimum atomic E-state index is 0.361. The summed E-state index contributed by atoms with van der Waals surface area (Å²) in [5.41, 5.74) is 5.04. The Morgan fingerprint density at radius 2 is 1.30 bits per heavy atom. The van der Waals surface area contributed by atoms with Gasteiger partial charge in [0.05, 0.1) is 19.4 Å². The summed E-state index contributed by atoms with van der Waals surface area (Å²) < 4.78 is 5.54. The number of rotatable bonds is 6. The van der Waals surface area contributed by atoms with E-state index in [0.717, 1.165) is 32.8 Å². The molecule has 0 saturated carbocycles. The number of nitrogens with zero attached hydrogens (tertiary/aromatic N) is 5. The third-order valence-corrected chi connectivity index (χ3v) is 7.12. The van der Waals surface area contributed by atoms with Gasteiger partial charge in [-0.2, -0.15) is 20.1 Å². The van der Waals surface area contributed by atoms with Crippen LogP contribution in [0.2, 0.25) is 0 Å². The van der Waals surface area contributed by atoms with Crippen LogP contribution in [0.5, 0.6) is 0 Å². The van der Waals surface area contributed by atoms with Gasteiger partial charge in [-0.15, -0.1) is 0 Å². The predicted molar refractivity (Wildman–Crippen MR) is 163 cm³/mol. The Bertz CT molecular complexity index is 1800. The van der Waals surface area contributed by atoms with Gasteiger partial charge >= 0.3 is 0 Å². The molecule has 1 aromatic heterocycles. The molecule has 0 radical (unpaired) electrons. The van der Waals surface area contributed by atoms with E-state index in [1.54, 1.807) is 0 Å². The number of morpholine rings is 1. The fourth-order valence-electron chi connectivity index (χ4n) is 5.17. The molecule has 6 aromatic rings. The Morgan fingerprint density at radius 1 is 0.675 bits per heavy atom. The van der Waals surface area contributed by atoms with Gasteiger partial charge in [-0.1, -0.05) is 84.9 Å². The molecule has 2 heterocycles. The highest BCUT2D eigenvalue weighted by atomic mass is 16.5. The highest BCUT2D eigenvalue weighted by Gasteiger charge is 2.17. The van der Waals surface area contributed by atoms with Crippen LogP contribution in [-0.4, -0.2) is 47.5 Å². The van der Waals surface area contributed by atoms with Crippen molar-refractivity contribution >= 4 is 62.1 Å². The summed E-state index contributed by atoms with van der Waals surface area (Å²) in [4.78, 5) is 16.2. The lowest BCUT2D eigenvalue weighted by Crippen LogP contribution is -2.37. The minimum Gasteiger partial charge on any atom is -0.378 e. The van der Waals surface area contributed by atoms with E-state index in [2.05, 4.69) is 86.4 Å². The van der Waals surface area contributed by atoms with Gasteiger partial charge in [0.2, 0.25) is 17.8 Å². The number of benzene rings is 5. The number of hydrogen-bond donors (Lipinski definition) is 2. The molecule has 1 aliphatic heterocycles. The highest BCUT2D eigenvalue weighted by molar-refractivity contribution is 6.13. The molecule has 0 spiro atoms. The van der Waals surface area contributed by atoms with E-state index in [0.29, 0.717) is 44.1 Å². The molecule has 196 valence electrons. The number of nitrogens with one attached hydrogen (secondary N) is 2. The normalized spacial score (nSPS) is 13.8. The third-order valence-electron chi connectivity index (χ3n) is 7.12. The average Bonchev–Trinajstić information content (AvgIpc) is 3.01. The first-order valence-electron chi connectivity index (χ1n) is 13.3. The van der Waals surface area contributed by atoms with Crippen LogP contribution in [-0.2, 0) is 4.74 Å². The molecule has 2 N–H and O–H groups in total. The Balaban J connectivity index is 1.25. The van der Waals surface area contributed by atoms with Gasteiger partial charge in [0, 0.05) is 29.7 Å². The zero-order valence-corrected chi connectivity index (χ0v) is 21.8. The van der Waals surface area contributed by atoms with E-state index in [1.807, 2.05) is 42.6 Å². The number of aromatic nitrogens is 3. The summed E-state index contributed by atoms with van der Waals surface area (Å²) in [6.07, 6.45) is 1.85. The van der Waals surface area contributed by atoms with E-state index in [4.69, 9.17) is 14.7 Å². The Kier molecular flexibility index (Phi) is 6.35. The van der Waals surface area contributed by atoms with Gasteiger partial charge in [0.25, 0.3) is 0 Å². The van der Waals surface area contributed by atoms with E-state index >= 15 is 0 Å². The molecular formula is C32H27N7O. The maximum atomic E-state index is 5.54. The van der Waals surface area contributed by atoms with Crippen LogP contribution in [0.4, 0.5) is 23.5 Å². The molecule has 0 aliphatic carbocycles. The first-order chi connectivity index (χ1) is 19.8. The number of anilines is 4. The van der Waals surface area contributed by atoms with Crippen LogP contribution in [0.15, 0.2) is 102 Å². The number of hydrogen-bond acceptors (Lipinski definition) is 8. The molecule has 0 bridgehead atoms. The fourth-order valence-corrected chi connectivity index (χ4v) is 5.17. The fraction of sp³-hybridized carbons (Fsp3) is 0.125. The molecule has 8 nitrogen and oxygen atoms in total. The summed E-state index contributed by atoms with van der Waals surface area (Å²) >= 11 is 0. The third kappa shape index (κ3) is 4.76. The number of hydrazone groups is 1. The SMILES string of the molecule is C(=N/Nc1nc(Nc2cccc3ccccc23)nc(N2CCOCC2)n1)/c1c2ccccc2cc2ccccc12. The molecule has 0 atom stereocenters. The van der Waals surface area contributed by atoms with Crippen molar-refractivity contribution in [2.75, 3.05) is 41.9 Å². The molecule has 0 unspecified atom stereocenters. The van der Waals surface area contributed by atoms with E-state index in [9.17, 15) is 0 Å². The van der Waals surface area contributed by atoms with E-state index < -0.39 is 0 Å². The van der Waals surface area contributed by atoms with E-state index in [-0.39, 0.29) is 0 Å². The molecule has 1 fully saturated rings. The van der Waals surface area contributed by atoms with Gasteiger partial charge in [-0.3, -0.25) is 0 Å². The zero-order valence-electron chi connectivity index (χ0n) is 21.8. The maximum absolute atomic E-state index is 5.54. The molecule has 0 amide bonds. The molecule has 1 aliphatic rings. The van der Waals surface area contributed by atoms with Crippen molar-refractivity contribution in [3.8, 4) is 0 Å². The monoisotopic (exact) mass is 525 g/mol. The Hall–Kier alpha value is -5.08. The molecular weight excluding hydrogens is 498 g/mol. The van der Waals surface area contributed by atoms with Crippen molar-refractivity contribution < 1.29 is 4.74 Å². The second-order valence-electron chi connectivity index (χ2n) is 9.64. The summed E-state index contributed by atoms with van der Waals surface area (Å²) in [5, 5.41) is 14.8. The average molecular weight is 526 g/mol. The lowest BCUT2D eigenvalue weighted by atomic mass is 9.97. The summed E-state index contributed by atoms with van der Waals surface area (Å²) in [5.74, 6) is 1.38. The lowest BCUT2D eigenvalue weighted by Gasteiger charge is -2.27. The van der Waals surface area contributed by atoms with Crippen LogP contribution >= 0.6 is 0 Å². The Labute approximate surface area is 231 Å².